The van der Waals surface area contributed by atoms with Crippen molar-refractivity contribution in [2.24, 2.45) is 5.10 Å². The van der Waals surface area contributed by atoms with Gasteiger partial charge >= 0.3 is 0 Å². The Morgan fingerprint density at radius 1 is 1.04 bits per heavy atom. The van der Waals surface area contributed by atoms with E-state index >= 15 is 0 Å². The highest BCUT2D eigenvalue weighted by molar-refractivity contribution is 5.83. The molecule has 0 aliphatic heterocycles. The van der Waals surface area contributed by atoms with Gasteiger partial charge in [0, 0.05) is 0 Å². The van der Waals surface area contributed by atoms with Gasteiger partial charge in [-0.2, -0.15) is 5.10 Å². The first-order chi connectivity index (χ1) is 12.7. The van der Waals surface area contributed by atoms with Gasteiger partial charge < -0.3 is 9.47 Å². The molecule has 2 aromatic rings. The molecular weight excluding hydrogens is 335 g/mol. The maximum absolute atomic E-state index is 12.8. The molecule has 6 heteroatoms. The van der Waals surface area contributed by atoms with Crippen molar-refractivity contribution in [3.05, 3.63) is 59.9 Å². The number of nitrogens with one attached hydrogen (secondary N) is 1. The number of amides is 1. The summed E-state index contributed by atoms with van der Waals surface area (Å²) in [6.07, 6.45) is 4.91. The molecule has 26 heavy (non-hydrogen) atoms. The van der Waals surface area contributed by atoms with E-state index in [1.54, 1.807) is 0 Å². The standard InChI is InChI=1S/C20H23FN2O3/c1-2-3-4-13-25-18-9-5-16(6-10-18)14-22-23-20(24)15-26-19-11-7-17(21)8-12-19/h5-12,14H,2-4,13,15H2,1H3,(H,23,24). The van der Waals surface area contributed by atoms with E-state index < -0.39 is 5.91 Å². The molecule has 0 aliphatic carbocycles. The van der Waals surface area contributed by atoms with Gasteiger partial charge in [0.2, 0.25) is 0 Å². The van der Waals surface area contributed by atoms with Crippen molar-refractivity contribution in [1.29, 1.82) is 0 Å². The first kappa shape index (κ1) is 19.4. The van der Waals surface area contributed by atoms with Gasteiger partial charge in [-0.05, 0) is 60.5 Å². The second-order valence-electron chi connectivity index (χ2n) is 5.66. The van der Waals surface area contributed by atoms with E-state index in [4.69, 9.17) is 9.47 Å². The molecule has 0 saturated carbocycles. The number of hydrogen-bond acceptors (Lipinski definition) is 4. The van der Waals surface area contributed by atoms with E-state index in [1.807, 2.05) is 24.3 Å². The summed E-state index contributed by atoms with van der Waals surface area (Å²) >= 11 is 0. The predicted octanol–water partition coefficient (Wildman–Crippen LogP) is 3.92. The number of ether oxygens (including phenoxy) is 2. The van der Waals surface area contributed by atoms with Crippen LogP contribution in [0.25, 0.3) is 0 Å². The van der Waals surface area contributed by atoms with Gasteiger partial charge in [-0.15, -0.1) is 0 Å². The smallest absolute Gasteiger partial charge is 0.277 e. The summed E-state index contributed by atoms with van der Waals surface area (Å²) in [5.74, 6) is 0.472. The zero-order valence-corrected chi connectivity index (χ0v) is 14.8. The van der Waals surface area contributed by atoms with Crippen molar-refractivity contribution in [1.82, 2.24) is 5.43 Å². The SMILES string of the molecule is CCCCCOc1ccc(C=NNC(=O)COc2ccc(F)cc2)cc1. The Morgan fingerprint density at radius 2 is 1.69 bits per heavy atom. The lowest BCUT2D eigenvalue weighted by Crippen LogP contribution is -2.24. The van der Waals surface area contributed by atoms with Gasteiger partial charge in [0.25, 0.3) is 5.91 Å². The molecule has 1 amide bonds. The fourth-order valence-corrected chi connectivity index (χ4v) is 2.08. The molecule has 0 aromatic heterocycles. The Bertz CT molecular complexity index is 700. The summed E-state index contributed by atoms with van der Waals surface area (Å²) in [6, 6.07) is 12.9. The average molecular weight is 358 g/mol. The van der Waals surface area contributed by atoms with Crippen LogP contribution in [0.15, 0.2) is 53.6 Å². The number of carbonyl (C=O) groups excluding carboxylic acids is 1. The Hall–Kier alpha value is -2.89. The number of hydrogen-bond donors (Lipinski definition) is 1. The molecule has 2 aromatic carbocycles. The minimum atomic E-state index is -0.401. The Balaban J connectivity index is 1.70. The van der Waals surface area contributed by atoms with Gasteiger partial charge in [-0.1, -0.05) is 19.8 Å². The Labute approximate surface area is 152 Å². The third-order valence-corrected chi connectivity index (χ3v) is 3.48. The molecule has 0 fully saturated rings. The molecule has 0 bridgehead atoms. The third-order valence-electron chi connectivity index (χ3n) is 3.48. The first-order valence-electron chi connectivity index (χ1n) is 8.60. The van der Waals surface area contributed by atoms with E-state index in [-0.39, 0.29) is 12.4 Å². The zero-order valence-electron chi connectivity index (χ0n) is 14.8. The lowest BCUT2D eigenvalue weighted by Gasteiger charge is -2.06. The summed E-state index contributed by atoms with van der Waals surface area (Å²) in [5, 5.41) is 3.88. The van der Waals surface area contributed by atoms with Crippen LogP contribution < -0.4 is 14.9 Å². The largest absolute Gasteiger partial charge is 0.494 e. The molecule has 0 radical (unpaired) electrons. The molecule has 5 nitrogen and oxygen atoms in total. The molecule has 0 atom stereocenters. The van der Waals surface area contributed by atoms with E-state index in [1.165, 1.54) is 36.9 Å². The molecule has 0 heterocycles. The molecule has 0 spiro atoms. The molecule has 138 valence electrons. The minimum Gasteiger partial charge on any atom is -0.494 e. The molecule has 0 saturated heterocycles. The van der Waals surface area contributed by atoms with Gasteiger partial charge in [0.1, 0.15) is 17.3 Å². The van der Waals surface area contributed by atoms with Crippen molar-refractivity contribution >= 4 is 12.1 Å². The fourth-order valence-electron chi connectivity index (χ4n) is 2.08. The molecule has 2 rings (SSSR count). The van der Waals surface area contributed by atoms with Crippen molar-refractivity contribution in [2.45, 2.75) is 26.2 Å². The van der Waals surface area contributed by atoms with E-state index in [2.05, 4.69) is 17.5 Å². The number of carbonyl (C=O) groups is 1. The third kappa shape index (κ3) is 7.34. The maximum atomic E-state index is 12.8. The van der Waals surface area contributed by atoms with Crippen LogP contribution in [0.3, 0.4) is 0 Å². The van der Waals surface area contributed by atoms with Gasteiger partial charge in [-0.3, -0.25) is 4.79 Å². The highest BCUT2D eigenvalue weighted by atomic mass is 19.1. The number of nitrogens with zero attached hydrogens (tertiary/aromatic N) is 1. The fraction of sp³-hybridized carbons (Fsp3) is 0.300. The lowest BCUT2D eigenvalue weighted by atomic mass is 10.2. The van der Waals surface area contributed by atoms with Crippen molar-refractivity contribution in [3.63, 3.8) is 0 Å². The second-order valence-corrected chi connectivity index (χ2v) is 5.66. The number of unbranched alkanes of at least 4 members (excludes halogenated alkanes) is 2. The van der Waals surface area contributed by atoms with E-state index in [0.29, 0.717) is 12.4 Å². The van der Waals surface area contributed by atoms with Gasteiger partial charge in [-0.25, -0.2) is 9.82 Å². The van der Waals surface area contributed by atoms with Crippen LogP contribution in [0.5, 0.6) is 11.5 Å². The normalized spacial score (nSPS) is 10.7. The van der Waals surface area contributed by atoms with Crippen LogP contribution in [0.1, 0.15) is 31.7 Å². The van der Waals surface area contributed by atoms with Crippen LogP contribution in [-0.4, -0.2) is 25.3 Å². The molecule has 0 unspecified atom stereocenters. The first-order valence-corrected chi connectivity index (χ1v) is 8.60. The van der Waals surface area contributed by atoms with Crippen LogP contribution >= 0.6 is 0 Å². The average Bonchev–Trinajstić information content (AvgIpc) is 2.66. The Kier molecular flexibility index (Phi) is 8.12. The number of rotatable bonds is 10. The molecular formula is C20H23FN2O3. The summed E-state index contributed by atoms with van der Waals surface area (Å²) in [5.41, 5.74) is 3.21. The Morgan fingerprint density at radius 3 is 2.38 bits per heavy atom. The molecule has 0 aliphatic rings. The van der Waals surface area contributed by atoms with Crippen molar-refractivity contribution in [3.8, 4) is 11.5 Å². The second kappa shape index (κ2) is 10.9. The van der Waals surface area contributed by atoms with Crippen LogP contribution in [0, 0.1) is 5.82 Å². The summed E-state index contributed by atoms with van der Waals surface area (Å²) in [4.78, 5) is 11.7. The van der Waals surface area contributed by atoms with Crippen molar-refractivity contribution < 1.29 is 18.7 Å². The highest BCUT2D eigenvalue weighted by Crippen LogP contribution is 2.12. The monoisotopic (exact) mass is 358 g/mol. The van der Waals surface area contributed by atoms with Crippen molar-refractivity contribution in [2.75, 3.05) is 13.2 Å². The minimum absolute atomic E-state index is 0.201. The number of hydrazone groups is 1. The molecule has 1 N–H and O–H groups in total. The quantitative estimate of drug-likeness (QED) is 0.398. The van der Waals surface area contributed by atoms with E-state index in [9.17, 15) is 9.18 Å². The van der Waals surface area contributed by atoms with Gasteiger partial charge in [0.15, 0.2) is 6.61 Å². The summed E-state index contributed by atoms with van der Waals surface area (Å²) in [6.45, 7) is 2.67. The number of benzene rings is 2. The van der Waals surface area contributed by atoms with Crippen LogP contribution in [0.4, 0.5) is 4.39 Å². The predicted molar refractivity (Wildman–Crippen MR) is 99.1 cm³/mol. The topological polar surface area (TPSA) is 59.9 Å². The van der Waals surface area contributed by atoms with E-state index in [0.717, 1.165) is 24.2 Å². The highest BCUT2D eigenvalue weighted by Gasteiger charge is 2.01. The van der Waals surface area contributed by atoms with Crippen LogP contribution in [-0.2, 0) is 4.79 Å². The maximum Gasteiger partial charge on any atom is 0.277 e. The van der Waals surface area contributed by atoms with Gasteiger partial charge in [0.05, 0.1) is 12.8 Å². The lowest BCUT2D eigenvalue weighted by molar-refractivity contribution is -0.123. The summed E-state index contributed by atoms with van der Waals surface area (Å²) in [7, 11) is 0. The number of halogens is 1. The summed E-state index contributed by atoms with van der Waals surface area (Å²) < 4.78 is 23.6. The van der Waals surface area contributed by atoms with Crippen LogP contribution in [0.2, 0.25) is 0 Å². The zero-order chi connectivity index (χ0) is 18.6.